The predicted octanol–water partition coefficient (Wildman–Crippen LogP) is 3.85. The smallest absolute Gasteiger partial charge is 0.362 e. The van der Waals surface area contributed by atoms with Gasteiger partial charge in [-0.15, -0.1) is 0 Å². The molecular formula is C12H9BrClNO4. The van der Waals surface area contributed by atoms with Crippen LogP contribution >= 0.6 is 27.5 Å². The van der Waals surface area contributed by atoms with Gasteiger partial charge in [0.05, 0.1) is 17.2 Å². The molecule has 7 heteroatoms. The molecule has 0 fully saturated rings. The van der Waals surface area contributed by atoms with E-state index in [0.29, 0.717) is 10.6 Å². The summed E-state index contributed by atoms with van der Waals surface area (Å²) < 4.78 is 11.2. The third kappa shape index (κ3) is 2.90. The molecule has 0 aliphatic carbocycles. The fraction of sp³-hybridized carbons (Fsp3) is 0.167. The lowest BCUT2D eigenvalue weighted by molar-refractivity contribution is 0.0683. The molecule has 0 amide bonds. The first-order chi connectivity index (χ1) is 9.02. The predicted molar refractivity (Wildman–Crippen MR) is 72.8 cm³/mol. The number of carboxylic acids is 1. The number of nitrogens with zero attached hydrogens (tertiary/aromatic N) is 1. The molecule has 2 aromatic rings. The van der Waals surface area contributed by atoms with E-state index in [9.17, 15) is 4.79 Å². The number of carboxylic acid groups (broad SMARTS) is 1. The van der Waals surface area contributed by atoms with Gasteiger partial charge >= 0.3 is 11.9 Å². The van der Waals surface area contributed by atoms with Crippen molar-refractivity contribution in [1.29, 1.82) is 0 Å². The summed E-state index contributed by atoms with van der Waals surface area (Å²) in [5.41, 5.74) is 0.220. The van der Waals surface area contributed by atoms with E-state index in [1.54, 1.807) is 25.1 Å². The lowest BCUT2D eigenvalue weighted by atomic mass is 10.2. The molecule has 100 valence electrons. The van der Waals surface area contributed by atoms with Gasteiger partial charge in [0.2, 0.25) is 11.6 Å². The summed E-state index contributed by atoms with van der Waals surface area (Å²) in [6.45, 7) is 2.00. The van der Waals surface area contributed by atoms with Gasteiger partial charge in [0.1, 0.15) is 0 Å². The standard InChI is InChI=1S/C12H9BrClNO4/c1-2-18-12-9(11(16)17)15-10(19-12)7-5-6(13)3-4-8(7)14/h3-5H,2H2,1H3,(H,16,17). The SMILES string of the molecule is CCOc1oc(-c2cc(Br)ccc2Cl)nc1C(=O)O. The van der Waals surface area contributed by atoms with E-state index in [1.165, 1.54) is 0 Å². The minimum absolute atomic E-state index is 0.104. The van der Waals surface area contributed by atoms with E-state index in [0.717, 1.165) is 4.47 Å². The summed E-state index contributed by atoms with van der Waals surface area (Å²) >= 11 is 9.34. The molecule has 1 aromatic heterocycles. The maximum atomic E-state index is 11.0. The van der Waals surface area contributed by atoms with Crippen molar-refractivity contribution in [1.82, 2.24) is 4.98 Å². The molecule has 0 saturated heterocycles. The molecule has 0 aliphatic rings. The number of aromatic nitrogens is 1. The van der Waals surface area contributed by atoms with Crippen LogP contribution in [0.1, 0.15) is 17.4 Å². The van der Waals surface area contributed by atoms with Gasteiger partial charge in [0, 0.05) is 4.47 Å². The van der Waals surface area contributed by atoms with E-state index >= 15 is 0 Å². The van der Waals surface area contributed by atoms with Gasteiger partial charge in [0.15, 0.2) is 0 Å². The molecule has 0 atom stereocenters. The van der Waals surface area contributed by atoms with E-state index in [1.807, 2.05) is 0 Å². The van der Waals surface area contributed by atoms with Crippen LogP contribution in [0, 0.1) is 0 Å². The van der Waals surface area contributed by atoms with Gasteiger partial charge in [-0.3, -0.25) is 0 Å². The second-order valence-electron chi connectivity index (χ2n) is 3.52. The Labute approximate surface area is 122 Å². The molecular weight excluding hydrogens is 337 g/mol. The topological polar surface area (TPSA) is 72.6 Å². The second-order valence-corrected chi connectivity index (χ2v) is 4.84. The number of carbonyl (C=O) groups is 1. The number of rotatable bonds is 4. The van der Waals surface area contributed by atoms with Gasteiger partial charge in [-0.1, -0.05) is 27.5 Å². The molecule has 1 heterocycles. The van der Waals surface area contributed by atoms with Crippen molar-refractivity contribution in [2.45, 2.75) is 6.92 Å². The Hall–Kier alpha value is -1.53. The van der Waals surface area contributed by atoms with Crippen LogP contribution in [0.5, 0.6) is 5.95 Å². The van der Waals surface area contributed by atoms with Crippen LogP contribution < -0.4 is 4.74 Å². The minimum atomic E-state index is -1.22. The first kappa shape index (κ1) is 13.9. The summed E-state index contributed by atoms with van der Waals surface area (Å²) in [6.07, 6.45) is 0. The van der Waals surface area contributed by atoms with Crippen molar-refractivity contribution in [3.8, 4) is 17.4 Å². The Morgan fingerprint density at radius 1 is 1.58 bits per heavy atom. The van der Waals surface area contributed by atoms with E-state index in [2.05, 4.69) is 20.9 Å². The number of hydrogen-bond donors (Lipinski definition) is 1. The van der Waals surface area contributed by atoms with E-state index < -0.39 is 5.97 Å². The van der Waals surface area contributed by atoms with Crippen molar-refractivity contribution in [2.24, 2.45) is 0 Å². The van der Waals surface area contributed by atoms with Crippen molar-refractivity contribution in [2.75, 3.05) is 6.61 Å². The monoisotopic (exact) mass is 345 g/mol. The Balaban J connectivity index is 2.53. The van der Waals surface area contributed by atoms with Gasteiger partial charge in [-0.25, -0.2) is 4.79 Å². The summed E-state index contributed by atoms with van der Waals surface area (Å²) in [5, 5.41) is 9.44. The van der Waals surface area contributed by atoms with Crippen LogP contribution in [0.15, 0.2) is 27.1 Å². The van der Waals surface area contributed by atoms with Crippen LogP contribution in [-0.4, -0.2) is 22.7 Å². The fourth-order valence-corrected chi connectivity index (χ4v) is 2.01. The highest BCUT2D eigenvalue weighted by atomic mass is 79.9. The first-order valence-corrected chi connectivity index (χ1v) is 6.52. The van der Waals surface area contributed by atoms with Gasteiger partial charge in [0.25, 0.3) is 0 Å². The fourth-order valence-electron chi connectivity index (χ4n) is 1.45. The largest absolute Gasteiger partial charge is 0.476 e. The van der Waals surface area contributed by atoms with Crippen LogP contribution in [0.3, 0.4) is 0 Å². The summed E-state index contributed by atoms with van der Waals surface area (Å²) in [7, 11) is 0. The number of benzene rings is 1. The number of hydrogen-bond acceptors (Lipinski definition) is 4. The summed E-state index contributed by atoms with van der Waals surface area (Å²) in [4.78, 5) is 15.0. The average Bonchev–Trinajstić information content (AvgIpc) is 2.77. The molecule has 0 radical (unpaired) electrons. The van der Waals surface area contributed by atoms with Gasteiger partial charge < -0.3 is 14.3 Å². The Bertz CT molecular complexity index is 626. The second kappa shape index (κ2) is 5.63. The van der Waals surface area contributed by atoms with Crippen molar-refractivity contribution in [3.05, 3.63) is 33.4 Å². The maximum Gasteiger partial charge on any atom is 0.362 e. The normalized spacial score (nSPS) is 10.5. The molecule has 2 rings (SSSR count). The zero-order valence-electron chi connectivity index (χ0n) is 9.81. The molecule has 0 unspecified atom stereocenters. The molecule has 0 spiro atoms. The molecule has 0 saturated carbocycles. The highest BCUT2D eigenvalue weighted by Gasteiger charge is 2.22. The van der Waals surface area contributed by atoms with E-state index in [-0.39, 0.29) is 24.1 Å². The van der Waals surface area contributed by atoms with Crippen molar-refractivity contribution in [3.63, 3.8) is 0 Å². The lowest BCUT2D eigenvalue weighted by Crippen LogP contribution is -2.01. The van der Waals surface area contributed by atoms with Gasteiger partial charge in [-0.2, -0.15) is 4.98 Å². The highest BCUT2D eigenvalue weighted by molar-refractivity contribution is 9.10. The van der Waals surface area contributed by atoms with Crippen LogP contribution in [0.2, 0.25) is 5.02 Å². The lowest BCUT2D eigenvalue weighted by Gasteiger charge is -2.00. The Kier molecular flexibility index (Phi) is 4.11. The molecule has 0 aliphatic heterocycles. The van der Waals surface area contributed by atoms with Crippen LogP contribution in [0.25, 0.3) is 11.5 Å². The quantitative estimate of drug-likeness (QED) is 0.910. The van der Waals surface area contributed by atoms with Gasteiger partial charge in [-0.05, 0) is 25.1 Å². The summed E-state index contributed by atoms with van der Waals surface area (Å²) in [5.74, 6) is -1.24. The number of aromatic carboxylic acids is 1. The molecule has 5 nitrogen and oxygen atoms in total. The van der Waals surface area contributed by atoms with E-state index in [4.69, 9.17) is 25.9 Å². The maximum absolute atomic E-state index is 11.0. The summed E-state index contributed by atoms with van der Waals surface area (Å²) in [6, 6.07) is 5.11. The Morgan fingerprint density at radius 2 is 2.32 bits per heavy atom. The average molecular weight is 347 g/mol. The molecule has 0 bridgehead atoms. The zero-order chi connectivity index (χ0) is 14.0. The first-order valence-electron chi connectivity index (χ1n) is 5.35. The molecule has 1 N–H and O–H groups in total. The van der Waals surface area contributed by atoms with Crippen LogP contribution in [-0.2, 0) is 0 Å². The highest BCUT2D eigenvalue weighted by Crippen LogP contribution is 2.33. The van der Waals surface area contributed by atoms with Crippen molar-refractivity contribution >= 4 is 33.5 Å². The van der Waals surface area contributed by atoms with Crippen molar-refractivity contribution < 1.29 is 19.1 Å². The third-order valence-corrected chi connectivity index (χ3v) is 3.06. The number of halogens is 2. The zero-order valence-corrected chi connectivity index (χ0v) is 12.2. The minimum Gasteiger partial charge on any atom is -0.476 e. The van der Waals surface area contributed by atoms with Crippen LogP contribution in [0.4, 0.5) is 0 Å². The number of oxazole rings is 1. The third-order valence-electron chi connectivity index (χ3n) is 2.23. The molecule has 1 aromatic carbocycles. The Morgan fingerprint density at radius 3 is 2.95 bits per heavy atom. The molecule has 19 heavy (non-hydrogen) atoms. The number of ether oxygens (including phenoxy) is 1.